The number of para-hydroxylation sites is 1. The second kappa shape index (κ2) is 6.20. The molecule has 6 heteroatoms. The Hall–Kier alpha value is -2.08. The summed E-state index contributed by atoms with van der Waals surface area (Å²) >= 11 is 0. The third kappa shape index (κ3) is 3.03. The molecule has 0 spiro atoms. The lowest BCUT2D eigenvalue weighted by Gasteiger charge is -2.37. The smallest absolute Gasteiger partial charge is 0.422 e. The number of aliphatic hydroxyl groups is 1. The zero-order chi connectivity index (χ0) is 17.3. The van der Waals surface area contributed by atoms with Gasteiger partial charge in [0.15, 0.2) is 5.60 Å². The molecule has 1 N–H and O–H groups in total. The lowest BCUT2D eigenvalue weighted by atomic mass is 9.77. The number of nitrogens with zero attached hydrogens (tertiary/aromatic N) is 1. The van der Waals surface area contributed by atoms with Crippen molar-refractivity contribution in [3.63, 3.8) is 0 Å². The van der Waals surface area contributed by atoms with Gasteiger partial charge < -0.3 is 9.84 Å². The van der Waals surface area contributed by atoms with Crippen LogP contribution in [0.5, 0.6) is 5.75 Å². The molecule has 0 aliphatic rings. The van der Waals surface area contributed by atoms with Gasteiger partial charge in [-0.25, -0.2) is 0 Å². The van der Waals surface area contributed by atoms with Crippen molar-refractivity contribution in [1.29, 1.82) is 0 Å². The average molecular weight is 325 g/mol. The summed E-state index contributed by atoms with van der Waals surface area (Å²) in [6.45, 7) is 2.91. The number of pyridine rings is 1. The fourth-order valence-electron chi connectivity index (χ4n) is 2.69. The minimum absolute atomic E-state index is 0.240. The number of hydrogen-bond acceptors (Lipinski definition) is 3. The second-order valence-electron chi connectivity index (χ2n) is 5.41. The molecule has 23 heavy (non-hydrogen) atoms. The van der Waals surface area contributed by atoms with Gasteiger partial charge in [-0.05, 0) is 30.7 Å². The molecule has 1 aromatic carbocycles. The van der Waals surface area contributed by atoms with Crippen LogP contribution >= 0.6 is 0 Å². The molecule has 2 aromatic rings. The molecular formula is C17H18F3NO2. The topological polar surface area (TPSA) is 42.4 Å². The monoisotopic (exact) mass is 325 g/mol. The first kappa shape index (κ1) is 17.3. The zero-order valence-electron chi connectivity index (χ0n) is 13.1. The van der Waals surface area contributed by atoms with Gasteiger partial charge in [-0.15, -0.1) is 0 Å². The Labute approximate surface area is 132 Å². The Bertz CT molecular complexity index is 688. The molecule has 3 nitrogen and oxygen atoms in total. The fraction of sp³-hybridized carbons (Fsp3) is 0.353. The summed E-state index contributed by atoms with van der Waals surface area (Å²) in [4.78, 5) is 3.90. The molecule has 0 radical (unpaired) electrons. The normalized spacial score (nSPS) is 15.8. The molecule has 1 aromatic heterocycles. The lowest BCUT2D eigenvalue weighted by molar-refractivity contribution is -0.274. The molecular weight excluding hydrogens is 307 g/mol. The minimum Gasteiger partial charge on any atom is -0.496 e. The maximum atomic E-state index is 13.8. The molecule has 0 saturated carbocycles. The highest BCUT2D eigenvalue weighted by atomic mass is 19.4. The molecule has 2 rings (SSSR count). The van der Waals surface area contributed by atoms with Gasteiger partial charge in [0.2, 0.25) is 0 Å². The molecule has 0 amide bonds. The standard InChI is InChI=1S/C17H18F3NO2/c1-11-10-13(8-9-21-11)16(22,17(18,19)20)12(2)14-6-4-5-7-15(14)23-3/h4-10,12,22H,1-3H3. The van der Waals surface area contributed by atoms with Gasteiger partial charge in [0.05, 0.1) is 7.11 Å². The van der Waals surface area contributed by atoms with Crippen molar-refractivity contribution in [3.8, 4) is 5.75 Å². The number of ether oxygens (including phenoxy) is 1. The van der Waals surface area contributed by atoms with Crippen LogP contribution in [0.3, 0.4) is 0 Å². The Morgan fingerprint density at radius 3 is 2.39 bits per heavy atom. The molecule has 124 valence electrons. The van der Waals surface area contributed by atoms with Gasteiger partial charge in [-0.2, -0.15) is 13.2 Å². The molecule has 1 heterocycles. The zero-order valence-corrected chi connectivity index (χ0v) is 13.1. The van der Waals surface area contributed by atoms with Crippen LogP contribution in [0.25, 0.3) is 0 Å². The minimum atomic E-state index is -4.86. The predicted octanol–water partition coefficient (Wildman–Crippen LogP) is 3.95. The number of aryl methyl sites for hydroxylation is 1. The molecule has 0 fully saturated rings. The van der Waals surface area contributed by atoms with Crippen molar-refractivity contribution in [1.82, 2.24) is 4.98 Å². The van der Waals surface area contributed by atoms with Gasteiger partial charge in [0.1, 0.15) is 5.75 Å². The second-order valence-corrected chi connectivity index (χ2v) is 5.41. The SMILES string of the molecule is COc1ccccc1C(C)C(O)(c1ccnc(C)c1)C(F)(F)F. The van der Waals surface area contributed by atoms with E-state index in [1.807, 2.05) is 0 Å². The lowest BCUT2D eigenvalue weighted by Crippen LogP contribution is -2.46. The van der Waals surface area contributed by atoms with E-state index in [2.05, 4.69) is 4.98 Å². The molecule has 0 bridgehead atoms. The van der Waals surface area contributed by atoms with E-state index in [1.165, 1.54) is 38.4 Å². The van der Waals surface area contributed by atoms with Crippen LogP contribution in [-0.2, 0) is 5.60 Å². The predicted molar refractivity (Wildman–Crippen MR) is 80.3 cm³/mol. The Morgan fingerprint density at radius 1 is 1.17 bits per heavy atom. The Morgan fingerprint density at radius 2 is 1.83 bits per heavy atom. The maximum absolute atomic E-state index is 13.8. The first-order valence-electron chi connectivity index (χ1n) is 7.07. The Balaban J connectivity index is 2.64. The molecule has 0 aliphatic heterocycles. The van der Waals surface area contributed by atoms with E-state index < -0.39 is 17.7 Å². The third-order valence-electron chi connectivity index (χ3n) is 4.00. The summed E-state index contributed by atoms with van der Waals surface area (Å²) in [6, 6.07) is 8.81. The molecule has 0 aliphatic carbocycles. The van der Waals surface area contributed by atoms with Gasteiger partial charge in [-0.3, -0.25) is 4.98 Å². The van der Waals surface area contributed by atoms with Crippen LogP contribution in [0.4, 0.5) is 13.2 Å². The number of halogens is 3. The van der Waals surface area contributed by atoms with Crippen molar-refractivity contribution >= 4 is 0 Å². The number of alkyl halides is 3. The van der Waals surface area contributed by atoms with Crippen molar-refractivity contribution < 1.29 is 23.0 Å². The summed E-state index contributed by atoms with van der Waals surface area (Å²) in [5.74, 6) is -0.964. The summed E-state index contributed by atoms with van der Waals surface area (Å²) in [6.07, 6.45) is -3.60. The number of aromatic nitrogens is 1. The van der Waals surface area contributed by atoms with E-state index in [4.69, 9.17) is 4.74 Å². The van der Waals surface area contributed by atoms with Crippen molar-refractivity contribution in [3.05, 3.63) is 59.4 Å². The summed E-state index contributed by atoms with van der Waals surface area (Å²) in [7, 11) is 1.38. The van der Waals surface area contributed by atoms with Crippen molar-refractivity contribution in [2.45, 2.75) is 31.5 Å². The van der Waals surface area contributed by atoms with E-state index in [-0.39, 0.29) is 11.1 Å². The number of methoxy groups -OCH3 is 1. The number of hydrogen-bond donors (Lipinski definition) is 1. The quantitative estimate of drug-likeness (QED) is 0.925. The van der Waals surface area contributed by atoms with Crippen LogP contribution in [0.1, 0.15) is 29.7 Å². The summed E-state index contributed by atoms with van der Waals surface area (Å²) in [5.41, 5.74) is -2.60. The number of benzene rings is 1. The van der Waals surface area contributed by atoms with E-state index in [9.17, 15) is 18.3 Å². The summed E-state index contributed by atoms with van der Waals surface area (Å²) < 4.78 is 46.5. The Kier molecular flexibility index (Phi) is 4.66. The van der Waals surface area contributed by atoms with E-state index in [0.29, 0.717) is 11.4 Å². The summed E-state index contributed by atoms with van der Waals surface area (Å²) in [5, 5.41) is 10.7. The number of rotatable bonds is 4. The molecule has 0 saturated heterocycles. The van der Waals surface area contributed by atoms with Gasteiger partial charge in [0.25, 0.3) is 0 Å². The van der Waals surface area contributed by atoms with Crippen LogP contribution in [0.15, 0.2) is 42.6 Å². The van der Waals surface area contributed by atoms with Crippen molar-refractivity contribution in [2.75, 3.05) is 7.11 Å². The molecule has 2 atom stereocenters. The fourth-order valence-corrected chi connectivity index (χ4v) is 2.69. The van der Waals surface area contributed by atoms with Gasteiger partial charge in [-0.1, -0.05) is 25.1 Å². The average Bonchev–Trinajstić information content (AvgIpc) is 2.52. The first-order valence-corrected chi connectivity index (χ1v) is 7.07. The highest BCUT2D eigenvalue weighted by Gasteiger charge is 2.59. The van der Waals surface area contributed by atoms with Crippen LogP contribution in [0.2, 0.25) is 0 Å². The van der Waals surface area contributed by atoms with Gasteiger partial charge in [0, 0.05) is 23.4 Å². The van der Waals surface area contributed by atoms with Crippen molar-refractivity contribution in [2.24, 2.45) is 0 Å². The largest absolute Gasteiger partial charge is 0.496 e. The van der Waals surface area contributed by atoms with Gasteiger partial charge >= 0.3 is 6.18 Å². The van der Waals surface area contributed by atoms with E-state index in [1.54, 1.807) is 25.1 Å². The van der Waals surface area contributed by atoms with E-state index >= 15 is 0 Å². The third-order valence-corrected chi connectivity index (χ3v) is 4.00. The van der Waals surface area contributed by atoms with Crippen LogP contribution in [0, 0.1) is 6.92 Å². The highest BCUT2D eigenvalue weighted by Crippen LogP contribution is 2.50. The van der Waals surface area contributed by atoms with Crippen LogP contribution in [-0.4, -0.2) is 23.4 Å². The molecule has 2 unspecified atom stereocenters. The maximum Gasteiger partial charge on any atom is 0.422 e. The highest BCUT2D eigenvalue weighted by molar-refractivity contribution is 5.40. The first-order chi connectivity index (χ1) is 10.7. The van der Waals surface area contributed by atoms with Crippen LogP contribution < -0.4 is 4.74 Å². The van der Waals surface area contributed by atoms with E-state index in [0.717, 1.165) is 0 Å².